The summed E-state index contributed by atoms with van der Waals surface area (Å²) >= 11 is 0. The molecule has 0 aliphatic heterocycles. The molecule has 5 atom stereocenters. The van der Waals surface area contributed by atoms with Gasteiger partial charge in [0.2, 0.25) is 20.0 Å². The number of carboxylic acid groups (broad SMARTS) is 1. The highest BCUT2D eigenvalue weighted by atomic mass is 32.2. The van der Waals surface area contributed by atoms with Crippen molar-refractivity contribution in [3.63, 3.8) is 0 Å². The summed E-state index contributed by atoms with van der Waals surface area (Å²) in [4.78, 5) is 15.6. The molecule has 3 aliphatic carbocycles. The van der Waals surface area contributed by atoms with E-state index in [-0.39, 0.29) is 30.8 Å². The number of carbonyl (C=O) groups is 1. The Balaban J connectivity index is 1.63. The summed E-state index contributed by atoms with van der Waals surface area (Å²) in [6.07, 6.45) is 8.44. The molecule has 3 rings (SSSR count). The second-order valence-corrected chi connectivity index (χ2v) is 14.4. The highest BCUT2D eigenvalue weighted by Crippen LogP contribution is 2.31. The summed E-state index contributed by atoms with van der Waals surface area (Å²) in [7, 11) is -7.48. The molecule has 0 heterocycles. The topological polar surface area (TPSA) is 194 Å². The van der Waals surface area contributed by atoms with Crippen LogP contribution in [0.4, 0.5) is 0 Å². The Labute approximate surface area is 209 Å². The zero-order chi connectivity index (χ0) is 25.6. The molecule has 0 aromatic heterocycles. The lowest BCUT2D eigenvalue weighted by molar-refractivity contribution is -0.137. The molecule has 0 aromatic carbocycles. The van der Waals surface area contributed by atoms with Crippen LogP contribution in [0, 0.1) is 5.92 Å². The molecule has 5 unspecified atom stereocenters. The molecule has 13 heteroatoms. The number of aliphatic imine (C=N–C) groups is 1. The molecule has 11 nitrogen and oxygen atoms in total. The van der Waals surface area contributed by atoms with Crippen LogP contribution in [0.15, 0.2) is 4.99 Å². The van der Waals surface area contributed by atoms with Crippen molar-refractivity contribution in [2.75, 3.05) is 0 Å². The lowest BCUT2D eigenvalue weighted by atomic mass is 9.83. The SMILES string of the molecule is NC(N)=NC1CCCC(S(=O)(=O)NC2CCCC(S(=O)(=O)NC(CC(=O)O)C3CCCCC3)C2)C1. The fourth-order valence-corrected chi connectivity index (χ4v) is 9.61. The van der Waals surface area contributed by atoms with Crippen LogP contribution in [0.3, 0.4) is 0 Å². The van der Waals surface area contributed by atoms with Gasteiger partial charge >= 0.3 is 5.97 Å². The normalized spacial score (nSPS) is 29.8. The van der Waals surface area contributed by atoms with E-state index in [1.807, 2.05) is 0 Å². The number of hydrogen-bond donors (Lipinski definition) is 5. The van der Waals surface area contributed by atoms with E-state index in [1.54, 1.807) is 0 Å². The summed E-state index contributed by atoms with van der Waals surface area (Å²) in [5, 5.41) is 7.97. The molecular formula is C22H41N5O6S2. The van der Waals surface area contributed by atoms with Crippen LogP contribution in [0.25, 0.3) is 0 Å². The van der Waals surface area contributed by atoms with E-state index < -0.39 is 48.6 Å². The Kier molecular flexibility index (Phi) is 9.81. The van der Waals surface area contributed by atoms with Crippen molar-refractivity contribution < 1.29 is 26.7 Å². The second-order valence-electron chi connectivity index (χ2n) is 10.4. The van der Waals surface area contributed by atoms with Gasteiger partial charge < -0.3 is 16.6 Å². The Hall–Kier alpha value is -1.44. The molecule has 0 radical (unpaired) electrons. The van der Waals surface area contributed by atoms with Gasteiger partial charge in [-0.1, -0.05) is 25.7 Å². The maximum absolute atomic E-state index is 13.3. The average Bonchev–Trinajstić information content (AvgIpc) is 2.78. The number of nitrogens with two attached hydrogens (primary N) is 2. The summed E-state index contributed by atoms with van der Waals surface area (Å²) in [6, 6.07) is -1.35. The summed E-state index contributed by atoms with van der Waals surface area (Å²) < 4.78 is 58.2. The summed E-state index contributed by atoms with van der Waals surface area (Å²) in [5.74, 6) is -1.07. The molecule has 202 valence electrons. The Bertz CT molecular complexity index is 961. The van der Waals surface area contributed by atoms with Gasteiger partial charge in [-0.15, -0.1) is 0 Å². The molecule has 7 N–H and O–H groups in total. The van der Waals surface area contributed by atoms with Gasteiger partial charge in [0.25, 0.3) is 0 Å². The van der Waals surface area contributed by atoms with E-state index in [0.29, 0.717) is 38.5 Å². The molecule has 3 saturated carbocycles. The minimum absolute atomic E-state index is 0.0111. The Morgan fingerprint density at radius 2 is 1.49 bits per heavy atom. The van der Waals surface area contributed by atoms with Crippen molar-refractivity contribution in [2.45, 2.75) is 119 Å². The zero-order valence-corrected chi connectivity index (χ0v) is 21.9. The number of hydrogen-bond acceptors (Lipinski definition) is 6. The van der Waals surface area contributed by atoms with E-state index >= 15 is 0 Å². The van der Waals surface area contributed by atoms with Crippen molar-refractivity contribution in [1.82, 2.24) is 9.44 Å². The fourth-order valence-electron chi connectivity index (χ4n) is 5.93. The monoisotopic (exact) mass is 535 g/mol. The standard InChI is InChI=1S/C22H41N5O6S2/c23-22(24)25-16-8-4-10-18(12-16)34(30,31)26-17-9-5-11-19(13-17)35(32,33)27-20(14-21(28)29)15-6-2-1-3-7-15/h15-20,26-27H,1-14H2,(H,28,29)(H4,23,24,25). The Morgan fingerprint density at radius 3 is 2.11 bits per heavy atom. The van der Waals surface area contributed by atoms with E-state index in [4.69, 9.17) is 11.5 Å². The van der Waals surface area contributed by atoms with Crippen LogP contribution in [-0.2, 0) is 24.8 Å². The zero-order valence-electron chi connectivity index (χ0n) is 20.3. The smallest absolute Gasteiger partial charge is 0.304 e. The predicted octanol–water partition coefficient (Wildman–Crippen LogP) is 1.14. The van der Waals surface area contributed by atoms with Gasteiger partial charge in [-0.3, -0.25) is 9.79 Å². The van der Waals surface area contributed by atoms with Crippen LogP contribution in [0.5, 0.6) is 0 Å². The number of nitrogens with one attached hydrogen (secondary N) is 2. The quantitative estimate of drug-likeness (QED) is 0.203. The average molecular weight is 536 g/mol. The molecule has 3 aliphatic rings. The first-order chi connectivity index (χ1) is 16.5. The molecule has 35 heavy (non-hydrogen) atoms. The van der Waals surface area contributed by atoms with Gasteiger partial charge in [-0.25, -0.2) is 26.3 Å². The number of guanidine groups is 1. The van der Waals surface area contributed by atoms with Crippen molar-refractivity contribution in [3.8, 4) is 0 Å². The van der Waals surface area contributed by atoms with Crippen LogP contribution in [0.2, 0.25) is 0 Å². The first kappa shape index (κ1) is 28.1. The number of carboxylic acids is 1. The molecule has 3 fully saturated rings. The molecule has 0 spiro atoms. The molecule has 0 aromatic rings. The summed E-state index contributed by atoms with van der Waals surface area (Å²) in [5.41, 5.74) is 10.9. The Morgan fingerprint density at radius 1 is 0.857 bits per heavy atom. The minimum atomic E-state index is -3.81. The van der Waals surface area contributed by atoms with Crippen molar-refractivity contribution in [1.29, 1.82) is 0 Å². The molecule has 0 saturated heterocycles. The van der Waals surface area contributed by atoms with Crippen LogP contribution < -0.4 is 20.9 Å². The van der Waals surface area contributed by atoms with E-state index in [2.05, 4.69) is 14.4 Å². The van der Waals surface area contributed by atoms with Gasteiger partial charge in [-0.2, -0.15) is 0 Å². The van der Waals surface area contributed by atoms with Gasteiger partial charge in [0.1, 0.15) is 0 Å². The maximum Gasteiger partial charge on any atom is 0.304 e. The largest absolute Gasteiger partial charge is 0.481 e. The van der Waals surface area contributed by atoms with Crippen LogP contribution >= 0.6 is 0 Å². The highest BCUT2D eigenvalue weighted by molar-refractivity contribution is 7.90. The van der Waals surface area contributed by atoms with Gasteiger partial charge in [0.05, 0.1) is 23.0 Å². The lowest BCUT2D eigenvalue weighted by Crippen LogP contribution is -2.50. The molecular weight excluding hydrogens is 494 g/mol. The maximum atomic E-state index is 13.3. The lowest BCUT2D eigenvalue weighted by Gasteiger charge is -2.34. The second kappa shape index (κ2) is 12.2. The highest BCUT2D eigenvalue weighted by Gasteiger charge is 2.39. The molecule has 0 bridgehead atoms. The third kappa shape index (κ3) is 8.29. The summed E-state index contributed by atoms with van der Waals surface area (Å²) in [6.45, 7) is 0. The van der Waals surface area contributed by atoms with E-state index in [1.165, 1.54) is 0 Å². The van der Waals surface area contributed by atoms with Gasteiger partial charge in [0, 0.05) is 12.1 Å². The number of nitrogens with zero attached hydrogens (tertiary/aromatic N) is 1. The number of sulfonamides is 2. The van der Waals surface area contributed by atoms with Crippen LogP contribution in [-0.4, -0.2) is 62.5 Å². The van der Waals surface area contributed by atoms with E-state index in [0.717, 1.165) is 38.5 Å². The van der Waals surface area contributed by atoms with Gasteiger partial charge in [0.15, 0.2) is 5.96 Å². The third-order valence-corrected chi connectivity index (χ3v) is 11.6. The van der Waals surface area contributed by atoms with Crippen molar-refractivity contribution in [3.05, 3.63) is 0 Å². The number of aliphatic carboxylic acids is 1. The van der Waals surface area contributed by atoms with Gasteiger partial charge in [-0.05, 0) is 63.7 Å². The first-order valence-electron chi connectivity index (χ1n) is 12.8. The fraction of sp³-hybridized carbons (Fsp3) is 0.909. The van der Waals surface area contributed by atoms with Crippen molar-refractivity contribution in [2.24, 2.45) is 22.4 Å². The van der Waals surface area contributed by atoms with Crippen molar-refractivity contribution >= 4 is 32.0 Å². The van der Waals surface area contributed by atoms with Crippen LogP contribution in [0.1, 0.15) is 89.9 Å². The minimum Gasteiger partial charge on any atom is -0.481 e. The molecule has 0 amide bonds. The predicted molar refractivity (Wildman–Crippen MR) is 135 cm³/mol. The third-order valence-electron chi connectivity index (χ3n) is 7.69. The number of rotatable bonds is 10. The first-order valence-corrected chi connectivity index (χ1v) is 15.9. The van der Waals surface area contributed by atoms with E-state index in [9.17, 15) is 26.7 Å².